The second kappa shape index (κ2) is 5.81. The summed E-state index contributed by atoms with van der Waals surface area (Å²) >= 11 is 0. The highest BCUT2D eigenvalue weighted by Crippen LogP contribution is 2.22. The topological polar surface area (TPSA) is 77.1 Å². The van der Waals surface area contributed by atoms with Crippen LogP contribution < -0.4 is 10.3 Å². The second-order valence-corrected chi connectivity index (χ2v) is 5.43. The molecule has 4 rings (SSSR count). The number of hydrogen-bond donors (Lipinski definition) is 1. The minimum Gasteiger partial charge on any atom is -0.488 e. The number of pyridine rings is 1. The van der Waals surface area contributed by atoms with Crippen molar-refractivity contribution < 1.29 is 9.47 Å². The first-order chi connectivity index (χ1) is 11.3. The Labute approximate surface area is 132 Å². The molecule has 0 radical (unpaired) electrons. The summed E-state index contributed by atoms with van der Waals surface area (Å²) in [4.78, 5) is 23.7. The molecule has 6 nitrogen and oxygen atoms in total. The fourth-order valence-corrected chi connectivity index (χ4v) is 2.64. The Kier molecular flexibility index (Phi) is 3.51. The highest BCUT2D eigenvalue weighted by Gasteiger charge is 2.17. The van der Waals surface area contributed by atoms with Gasteiger partial charge in [0.15, 0.2) is 0 Å². The third-order valence-electron chi connectivity index (χ3n) is 3.82. The minimum absolute atomic E-state index is 0.0515. The lowest BCUT2D eigenvalue weighted by Crippen LogP contribution is -2.16. The molecule has 1 unspecified atom stereocenters. The van der Waals surface area contributed by atoms with Crippen LogP contribution in [0.1, 0.15) is 6.42 Å². The van der Waals surface area contributed by atoms with Gasteiger partial charge in [-0.15, -0.1) is 0 Å². The number of nitrogens with one attached hydrogen (secondary N) is 1. The van der Waals surface area contributed by atoms with Gasteiger partial charge >= 0.3 is 0 Å². The number of benzene rings is 1. The predicted octanol–water partition coefficient (Wildman–Crippen LogP) is 2.15. The highest BCUT2D eigenvalue weighted by molar-refractivity contribution is 5.80. The van der Waals surface area contributed by atoms with Gasteiger partial charge in [-0.05, 0) is 30.3 Å². The average Bonchev–Trinajstić information content (AvgIpc) is 3.09. The van der Waals surface area contributed by atoms with Gasteiger partial charge in [0, 0.05) is 24.4 Å². The molecule has 6 heteroatoms. The molecule has 116 valence electrons. The summed E-state index contributed by atoms with van der Waals surface area (Å²) in [7, 11) is 0. The summed E-state index contributed by atoms with van der Waals surface area (Å²) in [6, 6.07) is 8.99. The molecule has 0 saturated carbocycles. The summed E-state index contributed by atoms with van der Waals surface area (Å²) in [5.74, 6) is 1.19. The molecule has 1 N–H and O–H groups in total. The lowest BCUT2D eigenvalue weighted by atomic mass is 10.2. The van der Waals surface area contributed by atoms with Crippen LogP contribution in [0, 0.1) is 0 Å². The van der Waals surface area contributed by atoms with Gasteiger partial charge < -0.3 is 14.5 Å². The molecular formula is C17H15N3O3. The Morgan fingerprint density at radius 2 is 2.09 bits per heavy atom. The fraction of sp³-hybridized carbons (Fsp3) is 0.235. The normalized spacial score (nSPS) is 17.5. The van der Waals surface area contributed by atoms with Gasteiger partial charge in [0.05, 0.1) is 24.1 Å². The Hall–Kier alpha value is -2.73. The Bertz CT molecular complexity index is 886. The van der Waals surface area contributed by atoms with Crippen molar-refractivity contribution in [3.63, 3.8) is 0 Å². The van der Waals surface area contributed by atoms with Crippen molar-refractivity contribution in [2.75, 3.05) is 13.2 Å². The molecule has 23 heavy (non-hydrogen) atoms. The fourth-order valence-electron chi connectivity index (χ4n) is 2.64. The molecule has 0 aliphatic carbocycles. The molecule has 1 fully saturated rings. The highest BCUT2D eigenvalue weighted by atomic mass is 16.5. The standard InChI is InChI=1S/C17H15N3O3/c21-17-14-9-12(23-13-5-8-22-10-13)1-2-15(14)19-16(20-17)11-3-6-18-7-4-11/h1-4,6-7,9,13H,5,8,10H2,(H,19,20,21). The van der Waals surface area contributed by atoms with E-state index >= 15 is 0 Å². The van der Waals surface area contributed by atoms with Crippen LogP contribution in [0.2, 0.25) is 0 Å². The number of H-pyrrole nitrogens is 1. The van der Waals surface area contributed by atoms with Crippen molar-refractivity contribution in [1.82, 2.24) is 15.0 Å². The van der Waals surface area contributed by atoms with Crippen LogP contribution in [-0.2, 0) is 4.74 Å². The number of nitrogens with zero attached hydrogens (tertiary/aromatic N) is 2. The Morgan fingerprint density at radius 1 is 1.22 bits per heavy atom. The summed E-state index contributed by atoms with van der Waals surface area (Å²) < 4.78 is 11.1. The maximum atomic E-state index is 12.4. The summed E-state index contributed by atoms with van der Waals surface area (Å²) in [5, 5.41) is 0.513. The summed E-state index contributed by atoms with van der Waals surface area (Å²) in [6.45, 7) is 1.31. The Morgan fingerprint density at radius 3 is 2.87 bits per heavy atom. The van der Waals surface area contributed by atoms with Crippen LogP contribution in [0.15, 0.2) is 47.5 Å². The molecule has 1 aliphatic heterocycles. The lowest BCUT2D eigenvalue weighted by molar-refractivity contribution is 0.141. The lowest BCUT2D eigenvalue weighted by Gasteiger charge is -2.12. The van der Waals surface area contributed by atoms with Crippen molar-refractivity contribution >= 4 is 10.9 Å². The van der Waals surface area contributed by atoms with Crippen LogP contribution in [0.5, 0.6) is 5.75 Å². The molecule has 0 spiro atoms. The van der Waals surface area contributed by atoms with E-state index < -0.39 is 0 Å². The van der Waals surface area contributed by atoms with Crippen molar-refractivity contribution in [3.05, 3.63) is 53.1 Å². The van der Waals surface area contributed by atoms with Gasteiger partial charge in [-0.2, -0.15) is 0 Å². The smallest absolute Gasteiger partial charge is 0.259 e. The zero-order valence-electron chi connectivity index (χ0n) is 12.4. The third-order valence-corrected chi connectivity index (χ3v) is 3.82. The molecule has 1 atom stereocenters. The molecule has 1 aromatic carbocycles. The third kappa shape index (κ3) is 2.80. The number of rotatable bonds is 3. The molecule has 2 aromatic heterocycles. The second-order valence-electron chi connectivity index (χ2n) is 5.43. The number of ether oxygens (including phenoxy) is 2. The first-order valence-corrected chi connectivity index (χ1v) is 7.48. The van der Waals surface area contributed by atoms with E-state index in [0.717, 1.165) is 18.6 Å². The molecule has 0 amide bonds. The number of fused-ring (bicyclic) bond motifs is 1. The minimum atomic E-state index is -0.185. The van der Waals surface area contributed by atoms with Gasteiger partial charge in [-0.3, -0.25) is 9.78 Å². The van der Waals surface area contributed by atoms with Gasteiger partial charge in [0.25, 0.3) is 5.56 Å². The summed E-state index contributed by atoms with van der Waals surface area (Å²) in [6.07, 6.45) is 4.25. The predicted molar refractivity (Wildman–Crippen MR) is 85.4 cm³/mol. The molecule has 3 heterocycles. The average molecular weight is 309 g/mol. The van der Waals surface area contributed by atoms with E-state index in [1.165, 1.54) is 0 Å². The molecular weight excluding hydrogens is 294 g/mol. The van der Waals surface area contributed by atoms with Gasteiger partial charge in [-0.1, -0.05) is 0 Å². The SMILES string of the molecule is O=c1[nH]c(-c2ccncc2)nc2ccc(OC3CCOC3)cc12. The molecule has 3 aromatic rings. The van der Waals surface area contributed by atoms with E-state index in [1.807, 2.05) is 18.2 Å². The van der Waals surface area contributed by atoms with E-state index in [1.54, 1.807) is 24.5 Å². The van der Waals surface area contributed by atoms with Gasteiger partial charge in [-0.25, -0.2) is 4.98 Å². The van der Waals surface area contributed by atoms with E-state index in [2.05, 4.69) is 15.0 Å². The van der Waals surface area contributed by atoms with Gasteiger partial charge in [0.1, 0.15) is 17.7 Å². The zero-order valence-corrected chi connectivity index (χ0v) is 12.4. The van der Waals surface area contributed by atoms with E-state index in [4.69, 9.17) is 9.47 Å². The first-order valence-electron chi connectivity index (χ1n) is 7.48. The van der Waals surface area contributed by atoms with Crippen LogP contribution in [0.3, 0.4) is 0 Å². The first kappa shape index (κ1) is 13.9. The molecule has 1 aliphatic rings. The van der Waals surface area contributed by atoms with E-state index in [0.29, 0.717) is 29.1 Å². The van der Waals surface area contributed by atoms with Crippen LogP contribution >= 0.6 is 0 Å². The van der Waals surface area contributed by atoms with Crippen molar-refractivity contribution in [2.24, 2.45) is 0 Å². The van der Waals surface area contributed by atoms with Crippen molar-refractivity contribution in [3.8, 4) is 17.1 Å². The van der Waals surface area contributed by atoms with Crippen LogP contribution in [-0.4, -0.2) is 34.3 Å². The van der Waals surface area contributed by atoms with Crippen LogP contribution in [0.25, 0.3) is 22.3 Å². The zero-order chi connectivity index (χ0) is 15.6. The quantitative estimate of drug-likeness (QED) is 0.802. The maximum absolute atomic E-state index is 12.4. The maximum Gasteiger partial charge on any atom is 0.259 e. The van der Waals surface area contributed by atoms with Gasteiger partial charge in [0.2, 0.25) is 0 Å². The monoisotopic (exact) mass is 309 g/mol. The number of hydrogen-bond acceptors (Lipinski definition) is 5. The van der Waals surface area contributed by atoms with Crippen LogP contribution in [0.4, 0.5) is 0 Å². The number of aromatic nitrogens is 3. The molecule has 0 bridgehead atoms. The van der Waals surface area contributed by atoms with E-state index in [-0.39, 0.29) is 11.7 Å². The largest absolute Gasteiger partial charge is 0.488 e. The summed E-state index contributed by atoms with van der Waals surface area (Å²) in [5.41, 5.74) is 1.27. The van der Waals surface area contributed by atoms with Crippen molar-refractivity contribution in [2.45, 2.75) is 12.5 Å². The number of aromatic amines is 1. The van der Waals surface area contributed by atoms with E-state index in [9.17, 15) is 4.79 Å². The molecule has 1 saturated heterocycles. The Balaban J connectivity index is 1.72. The van der Waals surface area contributed by atoms with Crippen molar-refractivity contribution in [1.29, 1.82) is 0 Å².